The van der Waals surface area contributed by atoms with Gasteiger partial charge in [-0.3, -0.25) is 4.79 Å². The first-order valence-corrected chi connectivity index (χ1v) is 6.33. The Morgan fingerprint density at radius 2 is 2.11 bits per heavy atom. The van der Waals surface area contributed by atoms with Crippen molar-refractivity contribution in [1.82, 2.24) is 5.32 Å². The highest BCUT2D eigenvalue weighted by Gasteiger charge is 2.15. The Balaban J connectivity index is 2.08. The van der Waals surface area contributed by atoms with Crippen molar-refractivity contribution in [3.8, 4) is 0 Å². The summed E-state index contributed by atoms with van der Waals surface area (Å²) in [5.74, 6) is -0.340. The summed E-state index contributed by atoms with van der Waals surface area (Å²) in [5.41, 5.74) is 0.120. The van der Waals surface area contributed by atoms with Crippen LogP contribution in [0.1, 0.15) is 37.7 Å². The number of para-hydroxylation sites is 1. The zero-order valence-corrected chi connectivity index (χ0v) is 11.4. The maximum Gasteiger partial charge on any atom is 0.199 e. The lowest BCUT2D eigenvalue weighted by Crippen LogP contribution is -2.37. The molecule has 19 heavy (non-hydrogen) atoms. The van der Waals surface area contributed by atoms with Gasteiger partial charge in [-0.25, -0.2) is 4.39 Å². The largest absolute Gasteiger partial charge is 0.450 e. The van der Waals surface area contributed by atoms with E-state index in [0.717, 1.165) is 0 Å². The molecule has 2 aromatic rings. The van der Waals surface area contributed by atoms with Crippen molar-refractivity contribution in [1.29, 1.82) is 0 Å². The maximum atomic E-state index is 13.5. The van der Waals surface area contributed by atoms with E-state index in [9.17, 15) is 9.18 Å². The minimum absolute atomic E-state index is 0.0275. The van der Waals surface area contributed by atoms with Gasteiger partial charge in [-0.2, -0.15) is 0 Å². The first-order valence-electron chi connectivity index (χ1n) is 6.33. The maximum absolute atomic E-state index is 13.5. The predicted molar refractivity (Wildman–Crippen MR) is 72.9 cm³/mol. The second-order valence-electron chi connectivity index (χ2n) is 5.62. The molecule has 1 aromatic heterocycles. The Kier molecular flexibility index (Phi) is 3.71. The Morgan fingerprint density at radius 1 is 1.37 bits per heavy atom. The fourth-order valence-electron chi connectivity index (χ4n) is 1.84. The molecule has 1 N–H and O–H groups in total. The van der Waals surface area contributed by atoms with Crippen LogP contribution in [0.25, 0.3) is 11.0 Å². The van der Waals surface area contributed by atoms with E-state index in [1.54, 1.807) is 18.2 Å². The lowest BCUT2D eigenvalue weighted by molar-refractivity contribution is 0.0955. The molecule has 3 nitrogen and oxygen atoms in total. The van der Waals surface area contributed by atoms with Gasteiger partial charge in [-0.1, -0.05) is 12.1 Å². The Morgan fingerprint density at radius 3 is 2.74 bits per heavy atom. The lowest BCUT2D eigenvalue weighted by atomic mass is 10.1. The third-order valence-electron chi connectivity index (χ3n) is 2.78. The second kappa shape index (κ2) is 5.13. The molecule has 0 bridgehead atoms. The van der Waals surface area contributed by atoms with E-state index in [2.05, 4.69) is 5.32 Å². The summed E-state index contributed by atoms with van der Waals surface area (Å²) >= 11 is 0. The highest BCUT2D eigenvalue weighted by Crippen LogP contribution is 2.22. The van der Waals surface area contributed by atoms with Gasteiger partial charge in [-0.05, 0) is 32.9 Å². The number of halogens is 1. The van der Waals surface area contributed by atoms with Crippen LogP contribution in [0, 0.1) is 5.82 Å². The summed E-state index contributed by atoms with van der Waals surface area (Å²) in [5, 5.41) is 3.85. The first kappa shape index (κ1) is 13.7. The molecule has 0 radical (unpaired) electrons. The quantitative estimate of drug-likeness (QED) is 0.858. The van der Waals surface area contributed by atoms with E-state index in [1.807, 2.05) is 20.8 Å². The zero-order chi connectivity index (χ0) is 14.0. The average Bonchev–Trinajstić information content (AvgIpc) is 2.72. The van der Waals surface area contributed by atoms with Crippen LogP contribution in [0.2, 0.25) is 0 Å². The van der Waals surface area contributed by atoms with Crippen molar-refractivity contribution in [3.05, 3.63) is 35.8 Å². The zero-order valence-electron chi connectivity index (χ0n) is 11.4. The van der Waals surface area contributed by atoms with Gasteiger partial charge in [0.25, 0.3) is 0 Å². The number of nitrogens with one attached hydrogen (secondary N) is 1. The molecule has 2 rings (SSSR count). The topological polar surface area (TPSA) is 42.2 Å². The van der Waals surface area contributed by atoms with Crippen LogP contribution in [0.4, 0.5) is 4.39 Å². The molecule has 0 spiro atoms. The highest BCUT2D eigenvalue weighted by molar-refractivity contribution is 5.97. The van der Waals surface area contributed by atoms with Crippen LogP contribution >= 0.6 is 0 Å². The molecule has 0 unspecified atom stereocenters. The fourth-order valence-corrected chi connectivity index (χ4v) is 1.84. The number of Topliss-reactive ketones (excluding diaryl/α,β-unsaturated/α-hetero) is 1. The Bertz CT molecular complexity index is 596. The molecule has 4 heteroatoms. The molecular weight excluding hydrogens is 245 g/mol. The summed E-state index contributed by atoms with van der Waals surface area (Å²) in [6.07, 6.45) is 0.332. The van der Waals surface area contributed by atoms with E-state index >= 15 is 0 Å². The number of benzene rings is 1. The van der Waals surface area contributed by atoms with Gasteiger partial charge in [0.1, 0.15) is 0 Å². The third-order valence-corrected chi connectivity index (χ3v) is 2.78. The number of fused-ring (bicyclic) bond motifs is 1. The Hall–Kier alpha value is -1.68. The van der Waals surface area contributed by atoms with Crippen molar-refractivity contribution in [2.24, 2.45) is 0 Å². The van der Waals surface area contributed by atoms with Crippen molar-refractivity contribution in [2.75, 3.05) is 6.54 Å². The SMILES string of the molecule is CC(C)(C)NCCC(=O)c1cc2cccc(F)c2o1. The number of hydrogen-bond donors (Lipinski definition) is 1. The van der Waals surface area contributed by atoms with Gasteiger partial charge in [0.05, 0.1) is 0 Å². The van der Waals surface area contributed by atoms with Gasteiger partial charge >= 0.3 is 0 Å². The number of rotatable bonds is 4. The normalized spacial score (nSPS) is 12.0. The van der Waals surface area contributed by atoms with Gasteiger partial charge in [0, 0.05) is 23.9 Å². The molecule has 0 amide bonds. The van der Waals surface area contributed by atoms with Crippen LogP contribution in [0.5, 0.6) is 0 Å². The van der Waals surface area contributed by atoms with Gasteiger partial charge in [-0.15, -0.1) is 0 Å². The average molecular weight is 263 g/mol. The number of ketones is 1. The van der Waals surface area contributed by atoms with Crippen LogP contribution < -0.4 is 5.32 Å². The summed E-state index contributed by atoms with van der Waals surface area (Å²) in [7, 11) is 0. The van der Waals surface area contributed by atoms with E-state index in [1.165, 1.54) is 6.07 Å². The Labute approximate surface area is 111 Å². The molecule has 1 heterocycles. The minimum atomic E-state index is -0.440. The summed E-state index contributed by atoms with van der Waals surface area (Å²) in [6, 6.07) is 6.24. The highest BCUT2D eigenvalue weighted by atomic mass is 19.1. The smallest absolute Gasteiger partial charge is 0.199 e. The molecule has 0 aliphatic rings. The molecule has 1 aromatic carbocycles. The molecule has 0 aliphatic heterocycles. The number of furan rings is 1. The monoisotopic (exact) mass is 263 g/mol. The summed E-state index contributed by atoms with van der Waals surface area (Å²) < 4.78 is 18.7. The molecule has 0 saturated carbocycles. The van der Waals surface area contributed by atoms with Gasteiger partial charge in [0.15, 0.2) is 22.9 Å². The fraction of sp³-hybridized carbons (Fsp3) is 0.400. The molecule has 0 saturated heterocycles. The first-order chi connectivity index (χ1) is 8.87. The third kappa shape index (κ3) is 3.41. The van der Waals surface area contributed by atoms with E-state index < -0.39 is 5.82 Å². The van der Waals surface area contributed by atoms with E-state index in [4.69, 9.17) is 4.42 Å². The van der Waals surface area contributed by atoms with E-state index in [-0.39, 0.29) is 22.7 Å². The van der Waals surface area contributed by atoms with Crippen LogP contribution in [-0.4, -0.2) is 17.9 Å². The van der Waals surface area contributed by atoms with Gasteiger partial charge < -0.3 is 9.73 Å². The van der Waals surface area contributed by atoms with Crippen molar-refractivity contribution in [3.63, 3.8) is 0 Å². The van der Waals surface area contributed by atoms with Crippen molar-refractivity contribution >= 4 is 16.8 Å². The lowest BCUT2D eigenvalue weighted by Gasteiger charge is -2.19. The van der Waals surface area contributed by atoms with Crippen LogP contribution in [0.3, 0.4) is 0 Å². The molecule has 102 valence electrons. The second-order valence-corrected chi connectivity index (χ2v) is 5.62. The molecular formula is C15H18FNO2. The van der Waals surface area contributed by atoms with Crippen molar-refractivity contribution in [2.45, 2.75) is 32.7 Å². The summed E-state index contributed by atoms with van der Waals surface area (Å²) in [4.78, 5) is 12.0. The van der Waals surface area contributed by atoms with Gasteiger partial charge in [0.2, 0.25) is 0 Å². The summed E-state index contributed by atoms with van der Waals surface area (Å²) in [6.45, 7) is 6.68. The number of hydrogen-bond acceptors (Lipinski definition) is 3. The number of carbonyl (C=O) groups is 1. The predicted octanol–water partition coefficient (Wildman–Crippen LogP) is 3.53. The molecule has 0 fully saturated rings. The van der Waals surface area contributed by atoms with Crippen LogP contribution in [0.15, 0.2) is 28.7 Å². The van der Waals surface area contributed by atoms with Crippen LogP contribution in [-0.2, 0) is 0 Å². The van der Waals surface area contributed by atoms with Crippen molar-refractivity contribution < 1.29 is 13.6 Å². The number of carbonyl (C=O) groups excluding carboxylic acids is 1. The molecule has 0 aliphatic carbocycles. The standard InChI is InChI=1S/C15H18FNO2/c1-15(2,3)17-8-7-12(18)13-9-10-5-4-6-11(16)14(10)19-13/h4-6,9,17H,7-8H2,1-3H3. The molecule has 0 atom stereocenters. The van der Waals surface area contributed by atoms with E-state index in [0.29, 0.717) is 18.4 Å². The minimum Gasteiger partial charge on any atom is -0.450 e.